The van der Waals surface area contributed by atoms with Crippen molar-refractivity contribution < 1.29 is 13.9 Å². The Balaban J connectivity index is 2.42. The van der Waals surface area contributed by atoms with E-state index in [2.05, 4.69) is 10.3 Å². The van der Waals surface area contributed by atoms with Crippen LogP contribution < -0.4 is 5.32 Å². The van der Waals surface area contributed by atoms with Gasteiger partial charge in [-0.25, -0.2) is 4.98 Å². The lowest BCUT2D eigenvalue weighted by Crippen LogP contribution is -2.35. The summed E-state index contributed by atoms with van der Waals surface area (Å²) in [6.45, 7) is 2.32. The van der Waals surface area contributed by atoms with Crippen molar-refractivity contribution in [2.75, 3.05) is 13.7 Å². The lowest BCUT2D eigenvalue weighted by atomic mass is 10.3. The van der Waals surface area contributed by atoms with E-state index in [0.29, 0.717) is 6.61 Å². The third-order valence-corrected chi connectivity index (χ3v) is 1.45. The zero-order valence-electron chi connectivity index (χ0n) is 7.61. The lowest BCUT2D eigenvalue weighted by molar-refractivity contribution is 0.0878. The molecule has 0 aliphatic heterocycles. The second kappa shape index (κ2) is 4.61. The van der Waals surface area contributed by atoms with Gasteiger partial charge in [0.15, 0.2) is 6.39 Å². The molecule has 1 unspecified atom stereocenters. The van der Waals surface area contributed by atoms with Gasteiger partial charge >= 0.3 is 0 Å². The molecular formula is C8H12N2O3. The van der Waals surface area contributed by atoms with E-state index in [1.807, 2.05) is 6.92 Å². The molecule has 1 N–H and O–H groups in total. The third kappa shape index (κ3) is 2.87. The monoisotopic (exact) mass is 184 g/mol. The number of carbonyl (C=O) groups excluding carboxylic acids is 1. The molecule has 0 aliphatic rings. The van der Waals surface area contributed by atoms with Crippen LogP contribution in [-0.4, -0.2) is 30.6 Å². The fraction of sp³-hybridized carbons (Fsp3) is 0.500. The SMILES string of the molecule is COCC(C)NC(=O)c1cnco1. The van der Waals surface area contributed by atoms with Crippen molar-refractivity contribution in [3.05, 3.63) is 18.4 Å². The predicted molar refractivity (Wildman–Crippen MR) is 45.3 cm³/mol. The maximum atomic E-state index is 11.3. The van der Waals surface area contributed by atoms with Gasteiger partial charge in [-0.3, -0.25) is 4.79 Å². The molecule has 1 heterocycles. The van der Waals surface area contributed by atoms with Crippen LogP contribution in [0.4, 0.5) is 0 Å². The zero-order valence-corrected chi connectivity index (χ0v) is 7.61. The minimum Gasteiger partial charge on any atom is -0.438 e. The number of amides is 1. The summed E-state index contributed by atoms with van der Waals surface area (Å²) in [4.78, 5) is 14.9. The highest BCUT2D eigenvalue weighted by atomic mass is 16.5. The van der Waals surface area contributed by atoms with E-state index >= 15 is 0 Å². The van der Waals surface area contributed by atoms with Crippen LogP contribution in [0.25, 0.3) is 0 Å². The number of hydrogen-bond acceptors (Lipinski definition) is 4. The molecule has 1 rings (SSSR count). The van der Waals surface area contributed by atoms with Crippen LogP contribution in [0.3, 0.4) is 0 Å². The Kier molecular flexibility index (Phi) is 3.45. The van der Waals surface area contributed by atoms with Crippen molar-refractivity contribution in [3.63, 3.8) is 0 Å². The number of rotatable bonds is 4. The Bertz CT molecular complexity index is 258. The molecule has 0 spiro atoms. The first-order valence-corrected chi connectivity index (χ1v) is 3.92. The van der Waals surface area contributed by atoms with Crippen molar-refractivity contribution in [2.24, 2.45) is 0 Å². The summed E-state index contributed by atoms with van der Waals surface area (Å²) < 4.78 is 9.67. The van der Waals surface area contributed by atoms with E-state index in [-0.39, 0.29) is 17.7 Å². The summed E-state index contributed by atoms with van der Waals surface area (Å²) in [5.74, 6) is -0.0648. The van der Waals surface area contributed by atoms with E-state index in [4.69, 9.17) is 9.15 Å². The van der Waals surface area contributed by atoms with Gasteiger partial charge in [-0.05, 0) is 6.92 Å². The van der Waals surface area contributed by atoms with Gasteiger partial charge in [-0.2, -0.15) is 0 Å². The van der Waals surface area contributed by atoms with Gasteiger partial charge in [-0.1, -0.05) is 0 Å². The molecular weight excluding hydrogens is 172 g/mol. The molecule has 0 aromatic carbocycles. The van der Waals surface area contributed by atoms with Crippen LogP contribution in [0.2, 0.25) is 0 Å². The third-order valence-electron chi connectivity index (χ3n) is 1.45. The fourth-order valence-corrected chi connectivity index (χ4v) is 0.914. The van der Waals surface area contributed by atoms with Gasteiger partial charge in [0.25, 0.3) is 5.91 Å². The number of aromatic nitrogens is 1. The minimum absolute atomic E-state index is 0.0393. The normalized spacial score (nSPS) is 12.5. The number of nitrogens with one attached hydrogen (secondary N) is 1. The van der Waals surface area contributed by atoms with Gasteiger partial charge in [-0.15, -0.1) is 0 Å². The molecule has 0 aliphatic carbocycles. The van der Waals surface area contributed by atoms with Gasteiger partial charge in [0.1, 0.15) is 0 Å². The van der Waals surface area contributed by atoms with Crippen LogP contribution in [0, 0.1) is 0 Å². The van der Waals surface area contributed by atoms with Crippen LogP contribution in [0.1, 0.15) is 17.5 Å². The molecule has 1 amide bonds. The number of nitrogens with zero attached hydrogens (tertiary/aromatic N) is 1. The lowest BCUT2D eigenvalue weighted by Gasteiger charge is -2.10. The Morgan fingerprint density at radius 2 is 2.62 bits per heavy atom. The van der Waals surface area contributed by atoms with E-state index in [0.717, 1.165) is 0 Å². The number of oxazole rings is 1. The standard InChI is InChI=1S/C8H12N2O3/c1-6(4-12-2)10-8(11)7-3-9-5-13-7/h3,5-6H,4H2,1-2H3,(H,10,11). The highest BCUT2D eigenvalue weighted by Crippen LogP contribution is 1.96. The molecule has 5 nitrogen and oxygen atoms in total. The van der Waals surface area contributed by atoms with Crippen LogP contribution in [0.15, 0.2) is 17.0 Å². The highest BCUT2D eigenvalue weighted by molar-refractivity contribution is 5.91. The Hall–Kier alpha value is -1.36. The maximum absolute atomic E-state index is 11.3. The smallest absolute Gasteiger partial charge is 0.288 e. The van der Waals surface area contributed by atoms with Crippen LogP contribution in [0.5, 0.6) is 0 Å². The summed E-state index contributed by atoms with van der Waals surface area (Å²) in [5.41, 5.74) is 0. The molecule has 0 bridgehead atoms. The molecule has 0 saturated heterocycles. The summed E-state index contributed by atoms with van der Waals surface area (Å²) >= 11 is 0. The average Bonchev–Trinajstić information content (AvgIpc) is 2.55. The second-order valence-electron chi connectivity index (χ2n) is 2.70. The average molecular weight is 184 g/mol. The zero-order chi connectivity index (χ0) is 9.68. The van der Waals surface area contributed by atoms with Crippen molar-refractivity contribution in [2.45, 2.75) is 13.0 Å². The molecule has 72 valence electrons. The van der Waals surface area contributed by atoms with Crippen molar-refractivity contribution in [1.29, 1.82) is 0 Å². The van der Waals surface area contributed by atoms with E-state index in [1.54, 1.807) is 7.11 Å². The number of methoxy groups -OCH3 is 1. The Labute approximate surface area is 76.1 Å². The number of hydrogen-bond donors (Lipinski definition) is 1. The fourth-order valence-electron chi connectivity index (χ4n) is 0.914. The van der Waals surface area contributed by atoms with Crippen molar-refractivity contribution in [1.82, 2.24) is 10.3 Å². The predicted octanol–water partition coefficient (Wildman–Crippen LogP) is 0.439. The van der Waals surface area contributed by atoms with Gasteiger partial charge in [0.2, 0.25) is 5.76 Å². The summed E-state index contributed by atoms with van der Waals surface area (Å²) in [6.07, 6.45) is 2.59. The Morgan fingerprint density at radius 3 is 3.15 bits per heavy atom. The second-order valence-corrected chi connectivity index (χ2v) is 2.70. The molecule has 0 fully saturated rings. The molecule has 1 aromatic rings. The summed E-state index contributed by atoms with van der Waals surface area (Å²) in [5, 5.41) is 2.69. The topological polar surface area (TPSA) is 64.4 Å². The minimum atomic E-state index is -0.276. The van der Waals surface area contributed by atoms with E-state index in [1.165, 1.54) is 12.6 Å². The highest BCUT2D eigenvalue weighted by Gasteiger charge is 2.11. The maximum Gasteiger partial charge on any atom is 0.288 e. The first-order chi connectivity index (χ1) is 6.24. The molecule has 1 aromatic heterocycles. The summed E-state index contributed by atoms with van der Waals surface area (Å²) in [7, 11) is 1.58. The van der Waals surface area contributed by atoms with Gasteiger partial charge in [0, 0.05) is 13.2 Å². The first kappa shape index (κ1) is 9.73. The van der Waals surface area contributed by atoms with E-state index < -0.39 is 0 Å². The van der Waals surface area contributed by atoms with E-state index in [9.17, 15) is 4.79 Å². The molecule has 0 radical (unpaired) electrons. The van der Waals surface area contributed by atoms with Gasteiger partial charge in [0.05, 0.1) is 12.8 Å². The van der Waals surface area contributed by atoms with Gasteiger partial charge < -0.3 is 14.5 Å². The Morgan fingerprint density at radius 1 is 1.85 bits per heavy atom. The number of carbonyl (C=O) groups is 1. The first-order valence-electron chi connectivity index (χ1n) is 3.92. The molecule has 1 atom stereocenters. The van der Waals surface area contributed by atoms with Crippen LogP contribution in [-0.2, 0) is 4.74 Å². The van der Waals surface area contributed by atoms with Crippen molar-refractivity contribution in [3.8, 4) is 0 Å². The molecule has 5 heteroatoms. The van der Waals surface area contributed by atoms with Crippen molar-refractivity contribution >= 4 is 5.91 Å². The molecule has 0 saturated carbocycles. The van der Waals surface area contributed by atoms with Crippen LogP contribution >= 0.6 is 0 Å². The largest absolute Gasteiger partial charge is 0.438 e. The number of ether oxygens (including phenoxy) is 1. The summed E-state index contributed by atoms with van der Waals surface area (Å²) in [6, 6.07) is -0.0393. The molecule has 13 heavy (non-hydrogen) atoms. The quantitative estimate of drug-likeness (QED) is 0.737.